The second-order valence-corrected chi connectivity index (χ2v) is 8.11. The van der Waals surface area contributed by atoms with Crippen LogP contribution in [0.1, 0.15) is 11.1 Å². The number of hydrogen-bond donors (Lipinski definition) is 0. The van der Waals surface area contributed by atoms with Crippen molar-refractivity contribution in [1.29, 1.82) is 0 Å². The van der Waals surface area contributed by atoms with Crippen LogP contribution in [0.2, 0.25) is 0 Å². The van der Waals surface area contributed by atoms with Gasteiger partial charge in [-0.2, -0.15) is 0 Å². The summed E-state index contributed by atoms with van der Waals surface area (Å²) in [7, 11) is 1.62. The Hall–Kier alpha value is -2.70. The molecule has 0 N–H and O–H groups in total. The van der Waals surface area contributed by atoms with Gasteiger partial charge >= 0.3 is 0 Å². The van der Waals surface area contributed by atoms with Crippen molar-refractivity contribution < 1.29 is 9.53 Å². The van der Waals surface area contributed by atoms with E-state index < -0.39 is 0 Å². The molecule has 0 spiro atoms. The third-order valence-electron chi connectivity index (χ3n) is 4.46. The molecule has 0 saturated carbocycles. The van der Waals surface area contributed by atoms with Crippen LogP contribution in [0.3, 0.4) is 0 Å². The van der Waals surface area contributed by atoms with Crippen LogP contribution in [-0.2, 0) is 4.79 Å². The standard InChI is InChI=1S/C23H16Br2N2O2/c1-29-18-11-9-15(10-12-18)13-21-23(28)27(17-6-4-5-16(24)14-17)22(26-21)19-7-2-3-8-20(19)25/h2-14H,1H3/b21-13+. The molecule has 0 bridgehead atoms. The van der Waals surface area contributed by atoms with E-state index in [1.165, 1.54) is 0 Å². The molecule has 29 heavy (non-hydrogen) atoms. The minimum atomic E-state index is -0.176. The Bertz CT molecular complexity index is 1140. The molecular formula is C23H16Br2N2O2. The number of benzene rings is 3. The lowest BCUT2D eigenvalue weighted by Gasteiger charge is -2.19. The molecule has 4 nitrogen and oxygen atoms in total. The second-order valence-electron chi connectivity index (χ2n) is 6.34. The Morgan fingerprint density at radius 1 is 0.966 bits per heavy atom. The highest BCUT2D eigenvalue weighted by Gasteiger charge is 2.33. The van der Waals surface area contributed by atoms with Gasteiger partial charge in [0.1, 0.15) is 17.3 Å². The van der Waals surface area contributed by atoms with Crippen LogP contribution >= 0.6 is 31.9 Å². The lowest BCUT2D eigenvalue weighted by atomic mass is 10.1. The number of halogens is 2. The molecule has 0 saturated heterocycles. The van der Waals surface area contributed by atoms with Crippen LogP contribution in [0, 0.1) is 0 Å². The van der Waals surface area contributed by atoms with Gasteiger partial charge in [-0.15, -0.1) is 0 Å². The molecule has 4 rings (SSSR count). The summed E-state index contributed by atoms with van der Waals surface area (Å²) in [6.07, 6.45) is 1.79. The lowest BCUT2D eigenvalue weighted by Crippen LogP contribution is -2.32. The van der Waals surface area contributed by atoms with E-state index in [-0.39, 0.29) is 5.91 Å². The Kier molecular flexibility index (Phi) is 5.65. The van der Waals surface area contributed by atoms with Crippen molar-refractivity contribution in [2.24, 2.45) is 4.99 Å². The van der Waals surface area contributed by atoms with Crippen LogP contribution in [0.5, 0.6) is 5.75 Å². The van der Waals surface area contributed by atoms with Gasteiger partial charge in [-0.25, -0.2) is 4.99 Å². The summed E-state index contributed by atoms with van der Waals surface area (Å²) in [5, 5.41) is 0. The molecule has 0 unspecified atom stereocenters. The molecule has 0 radical (unpaired) electrons. The third-order valence-corrected chi connectivity index (χ3v) is 5.65. The number of rotatable bonds is 4. The number of methoxy groups -OCH3 is 1. The van der Waals surface area contributed by atoms with Crippen LogP contribution in [0.4, 0.5) is 5.69 Å². The first-order valence-corrected chi connectivity index (χ1v) is 10.4. The van der Waals surface area contributed by atoms with Gasteiger partial charge in [0.15, 0.2) is 0 Å². The van der Waals surface area contributed by atoms with E-state index in [2.05, 4.69) is 31.9 Å². The van der Waals surface area contributed by atoms with Crippen molar-refractivity contribution in [2.75, 3.05) is 12.0 Å². The van der Waals surface area contributed by atoms with Gasteiger partial charge in [0.05, 0.1) is 12.8 Å². The smallest absolute Gasteiger partial charge is 0.282 e. The summed E-state index contributed by atoms with van der Waals surface area (Å²) in [5.41, 5.74) is 2.84. The number of hydrogen-bond acceptors (Lipinski definition) is 3. The number of amidine groups is 1. The van der Waals surface area contributed by atoms with Gasteiger partial charge in [-0.05, 0) is 48.0 Å². The van der Waals surface area contributed by atoms with Gasteiger partial charge in [0, 0.05) is 14.5 Å². The summed E-state index contributed by atoms with van der Waals surface area (Å²) in [5.74, 6) is 1.17. The largest absolute Gasteiger partial charge is 0.497 e. The number of carbonyl (C=O) groups is 1. The fraction of sp³-hybridized carbons (Fsp3) is 0.0435. The normalized spacial score (nSPS) is 15.0. The van der Waals surface area contributed by atoms with Crippen molar-refractivity contribution in [3.63, 3.8) is 0 Å². The van der Waals surface area contributed by atoms with Crippen molar-refractivity contribution >= 4 is 55.4 Å². The molecular weight excluding hydrogens is 496 g/mol. The van der Waals surface area contributed by atoms with Gasteiger partial charge < -0.3 is 4.74 Å². The van der Waals surface area contributed by atoms with E-state index in [4.69, 9.17) is 9.73 Å². The van der Waals surface area contributed by atoms with Crippen molar-refractivity contribution in [3.8, 4) is 5.75 Å². The Morgan fingerprint density at radius 2 is 1.72 bits per heavy atom. The minimum absolute atomic E-state index is 0.176. The highest BCUT2D eigenvalue weighted by atomic mass is 79.9. The number of anilines is 1. The predicted molar refractivity (Wildman–Crippen MR) is 123 cm³/mol. The number of aliphatic imine (C=N–C) groups is 1. The molecule has 0 aromatic heterocycles. The maximum Gasteiger partial charge on any atom is 0.282 e. The number of amides is 1. The first-order chi connectivity index (χ1) is 14.1. The quantitative estimate of drug-likeness (QED) is 0.400. The molecule has 0 aliphatic carbocycles. The molecule has 1 aliphatic rings. The van der Waals surface area contributed by atoms with Crippen molar-refractivity contribution in [3.05, 3.63) is 98.6 Å². The molecule has 144 valence electrons. The first kappa shape index (κ1) is 19.6. The van der Waals surface area contributed by atoms with Gasteiger partial charge in [0.2, 0.25) is 0 Å². The molecule has 1 aliphatic heterocycles. The van der Waals surface area contributed by atoms with E-state index in [1.807, 2.05) is 72.8 Å². The highest BCUT2D eigenvalue weighted by Crippen LogP contribution is 2.31. The zero-order chi connectivity index (χ0) is 20.4. The number of nitrogens with zero attached hydrogens (tertiary/aromatic N) is 2. The topological polar surface area (TPSA) is 41.9 Å². The zero-order valence-corrected chi connectivity index (χ0v) is 18.6. The van der Waals surface area contributed by atoms with Crippen molar-refractivity contribution in [2.45, 2.75) is 0 Å². The maximum atomic E-state index is 13.3. The van der Waals surface area contributed by atoms with E-state index in [0.29, 0.717) is 11.5 Å². The van der Waals surface area contributed by atoms with Crippen LogP contribution in [0.25, 0.3) is 6.08 Å². The average Bonchev–Trinajstić information content (AvgIpc) is 3.05. The maximum absolute atomic E-state index is 13.3. The number of ether oxygens (including phenoxy) is 1. The van der Waals surface area contributed by atoms with Crippen LogP contribution in [-0.4, -0.2) is 18.9 Å². The molecule has 0 atom stereocenters. The molecule has 1 amide bonds. The average molecular weight is 512 g/mol. The monoisotopic (exact) mass is 510 g/mol. The summed E-state index contributed by atoms with van der Waals surface area (Å²) in [6, 6.07) is 22.9. The van der Waals surface area contributed by atoms with Crippen LogP contribution in [0.15, 0.2) is 92.4 Å². The zero-order valence-electron chi connectivity index (χ0n) is 15.5. The van der Waals surface area contributed by atoms with E-state index in [0.717, 1.165) is 31.5 Å². The Labute approximate surface area is 185 Å². The van der Waals surface area contributed by atoms with Gasteiger partial charge in [-0.1, -0.05) is 68.3 Å². The molecule has 3 aromatic carbocycles. The van der Waals surface area contributed by atoms with Gasteiger partial charge in [0.25, 0.3) is 5.91 Å². The molecule has 1 heterocycles. The molecule has 0 fully saturated rings. The Balaban J connectivity index is 1.82. The van der Waals surface area contributed by atoms with Gasteiger partial charge in [-0.3, -0.25) is 9.69 Å². The van der Waals surface area contributed by atoms with Crippen LogP contribution < -0.4 is 9.64 Å². The third kappa shape index (κ3) is 4.04. The van der Waals surface area contributed by atoms with Crippen molar-refractivity contribution in [1.82, 2.24) is 0 Å². The lowest BCUT2D eigenvalue weighted by molar-refractivity contribution is -0.113. The molecule has 6 heteroatoms. The predicted octanol–water partition coefficient (Wildman–Crippen LogP) is 6.05. The SMILES string of the molecule is COc1ccc(/C=C2/N=C(c3ccccc3Br)N(c3cccc(Br)c3)C2=O)cc1. The molecule has 3 aromatic rings. The van der Waals surface area contributed by atoms with E-state index in [9.17, 15) is 4.79 Å². The summed E-state index contributed by atoms with van der Waals surface area (Å²) in [4.78, 5) is 19.7. The second kappa shape index (κ2) is 8.35. The fourth-order valence-corrected chi connectivity index (χ4v) is 3.90. The first-order valence-electron chi connectivity index (χ1n) is 8.86. The number of carbonyl (C=O) groups excluding carboxylic acids is 1. The highest BCUT2D eigenvalue weighted by molar-refractivity contribution is 9.10. The minimum Gasteiger partial charge on any atom is -0.497 e. The fourth-order valence-electron chi connectivity index (χ4n) is 3.05. The van der Waals surface area contributed by atoms with E-state index in [1.54, 1.807) is 18.1 Å². The summed E-state index contributed by atoms with van der Waals surface area (Å²) >= 11 is 7.07. The van der Waals surface area contributed by atoms with E-state index >= 15 is 0 Å². The Morgan fingerprint density at radius 3 is 2.41 bits per heavy atom. The summed E-state index contributed by atoms with van der Waals surface area (Å²) in [6.45, 7) is 0. The summed E-state index contributed by atoms with van der Waals surface area (Å²) < 4.78 is 6.96.